The Morgan fingerprint density at radius 1 is 0.644 bits per heavy atom. The maximum atomic E-state index is 9.22. The fraction of sp³-hybridized carbons (Fsp3) is 0.278. The lowest BCUT2D eigenvalue weighted by atomic mass is 9.98. The fourth-order valence-corrected chi connectivity index (χ4v) is 5.72. The summed E-state index contributed by atoms with van der Waals surface area (Å²) in [7, 11) is 0. The van der Waals surface area contributed by atoms with Crippen molar-refractivity contribution >= 4 is 38.6 Å². The van der Waals surface area contributed by atoms with Gasteiger partial charge in [0.1, 0.15) is 13.2 Å². The maximum Gasteiger partial charge on any atom is 0.169 e. The van der Waals surface area contributed by atoms with Crippen LogP contribution in [0.1, 0.15) is 11.1 Å². The van der Waals surface area contributed by atoms with Gasteiger partial charge in [-0.3, -0.25) is 10.4 Å². The zero-order valence-corrected chi connectivity index (χ0v) is 25.4. The van der Waals surface area contributed by atoms with E-state index >= 15 is 0 Å². The van der Waals surface area contributed by atoms with Crippen LogP contribution in [0.25, 0.3) is 21.5 Å². The van der Waals surface area contributed by atoms with E-state index in [2.05, 4.69) is 74.9 Å². The lowest BCUT2D eigenvalue weighted by molar-refractivity contribution is 0.259. The van der Waals surface area contributed by atoms with Crippen molar-refractivity contribution in [3.8, 4) is 11.5 Å². The Labute approximate surface area is 263 Å². The number of aliphatic hydroxyl groups is 2. The molecule has 6 rings (SSSR count). The van der Waals surface area contributed by atoms with E-state index in [9.17, 15) is 5.11 Å². The molecule has 0 unspecified atom stereocenters. The van der Waals surface area contributed by atoms with Crippen LogP contribution in [0.3, 0.4) is 0 Å². The molecule has 234 valence electrons. The van der Waals surface area contributed by atoms with Gasteiger partial charge in [-0.25, -0.2) is 0 Å². The Kier molecular flexibility index (Phi) is 10.1. The van der Waals surface area contributed by atoms with Gasteiger partial charge in [0.05, 0.1) is 31.1 Å². The molecule has 0 saturated heterocycles. The first kappa shape index (κ1) is 30.5. The first-order chi connectivity index (χ1) is 22.3. The molecule has 0 saturated carbocycles. The lowest BCUT2D eigenvalue weighted by Gasteiger charge is -2.21. The Bertz CT molecular complexity index is 1700. The summed E-state index contributed by atoms with van der Waals surface area (Å²) in [6, 6.07) is 30.9. The SMILES string of the molecule is OCCNCCNc1ccc2c3c(c4ccc(OCc5ccccc5)c(OCc5ccccc5)c4cc13)NN2CCNCCO. The third kappa shape index (κ3) is 7.08. The largest absolute Gasteiger partial charge is 0.485 e. The highest BCUT2D eigenvalue weighted by molar-refractivity contribution is 6.22. The highest BCUT2D eigenvalue weighted by Crippen LogP contribution is 2.49. The summed E-state index contributed by atoms with van der Waals surface area (Å²) >= 11 is 0. The van der Waals surface area contributed by atoms with E-state index in [0.717, 1.165) is 69.4 Å². The van der Waals surface area contributed by atoms with Crippen LogP contribution in [-0.4, -0.2) is 62.7 Å². The molecule has 0 spiro atoms. The van der Waals surface area contributed by atoms with Gasteiger partial charge >= 0.3 is 0 Å². The molecule has 1 aliphatic rings. The van der Waals surface area contributed by atoms with E-state index in [-0.39, 0.29) is 13.2 Å². The smallest absolute Gasteiger partial charge is 0.169 e. The molecule has 1 heterocycles. The Hall–Kier alpha value is -4.54. The van der Waals surface area contributed by atoms with Crippen LogP contribution in [0.5, 0.6) is 11.5 Å². The molecule has 0 radical (unpaired) electrons. The zero-order chi connectivity index (χ0) is 30.8. The van der Waals surface area contributed by atoms with E-state index < -0.39 is 0 Å². The first-order valence-corrected chi connectivity index (χ1v) is 15.6. The van der Waals surface area contributed by atoms with Crippen LogP contribution >= 0.6 is 0 Å². The Morgan fingerprint density at radius 2 is 1.33 bits per heavy atom. The van der Waals surface area contributed by atoms with Gasteiger partial charge in [-0.2, -0.15) is 0 Å². The number of fused-ring (bicyclic) bond motifs is 2. The molecular weight excluding hydrogens is 566 g/mol. The molecular formula is C36H41N5O4. The van der Waals surface area contributed by atoms with E-state index in [4.69, 9.17) is 14.6 Å². The molecule has 45 heavy (non-hydrogen) atoms. The summed E-state index contributed by atoms with van der Waals surface area (Å²) in [5, 5.41) is 34.9. The summed E-state index contributed by atoms with van der Waals surface area (Å²) in [6.07, 6.45) is 0. The molecule has 0 aliphatic carbocycles. The molecule has 9 nitrogen and oxygen atoms in total. The van der Waals surface area contributed by atoms with Crippen LogP contribution in [0.2, 0.25) is 0 Å². The van der Waals surface area contributed by atoms with Gasteiger partial charge in [-0.05, 0) is 41.5 Å². The van der Waals surface area contributed by atoms with Crippen LogP contribution < -0.4 is 35.9 Å². The van der Waals surface area contributed by atoms with Crippen LogP contribution in [0.4, 0.5) is 17.1 Å². The molecule has 5 aromatic rings. The molecule has 5 aromatic carbocycles. The second kappa shape index (κ2) is 15.0. The van der Waals surface area contributed by atoms with Crippen LogP contribution in [0, 0.1) is 0 Å². The summed E-state index contributed by atoms with van der Waals surface area (Å²) in [6.45, 7) is 5.06. The predicted octanol–water partition coefficient (Wildman–Crippen LogP) is 4.87. The number of benzene rings is 5. The number of anilines is 3. The fourth-order valence-electron chi connectivity index (χ4n) is 5.72. The number of hydrogen-bond donors (Lipinski definition) is 6. The van der Waals surface area contributed by atoms with Crippen molar-refractivity contribution in [2.75, 3.05) is 68.2 Å². The minimum absolute atomic E-state index is 0.108. The number of aliphatic hydroxyl groups excluding tert-OH is 2. The van der Waals surface area contributed by atoms with Crippen molar-refractivity contribution in [3.63, 3.8) is 0 Å². The normalized spacial score (nSPS) is 12.1. The molecule has 0 fully saturated rings. The number of ether oxygens (including phenoxy) is 2. The van der Waals surface area contributed by atoms with Crippen molar-refractivity contribution in [1.82, 2.24) is 10.6 Å². The number of nitrogens with one attached hydrogen (secondary N) is 4. The average Bonchev–Trinajstić information content (AvgIpc) is 3.46. The molecule has 6 N–H and O–H groups in total. The summed E-state index contributed by atoms with van der Waals surface area (Å²) in [5.41, 5.74) is 9.00. The molecule has 0 amide bonds. The lowest BCUT2D eigenvalue weighted by Crippen LogP contribution is -2.35. The highest BCUT2D eigenvalue weighted by Gasteiger charge is 2.26. The highest BCUT2D eigenvalue weighted by atomic mass is 16.5. The van der Waals surface area contributed by atoms with Gasteiger partial charge in [0, 0.05) is 60.0 Å². The van der Waals surface area contributed by atoms with Gasteiger partial charge in [0.15, 0.2) is 11.5 Å². The second-order valence-corrected chi connectivity index (χ2v) is 11.0. The van der Waals surface area contributed by atoms with E-state index in [1.807, 2.05) is 42.5 Å². The van der Waals surface area contributed by atoms with Gasteiger partial charge in [0.25, 0.3) is 0 Å². The number of hydrazine groups is 1. The predicted molar refractivity (Wildman–Crippen MR) is 182 cm³/mol. The van der Waals surface area contributed by atoms with Gasteiger partial charge in [-0.1, -0.05) is 60.7 Å². The molecule has 0 bridgehead atoms. The quantitative estimate of drug-likeness (QED) is 0.0652. The average molecular weight is 608 g/mol. The first-order valence-electron chi connectivity index (χ1n) is 15.6. The van der Waals surface area contributed by atoms with Crippen LogP contribution in [0.15, 0.2) is 91.0 Å². The van der Waals surface area contributed by atoms with Crippen molar-refractivity contribution in [1.29, 1.82) is 0 Å². The third-order valence-corrected chi connectivity index (χ3v) is 7.90. The summed E-state index contributed by atoms with van der Waals surface area (Å²) in [4.78, 5) is 0. The van der Waals surface area contributed by atoms with E-state index in [1.54, 1.807) is 0 Å². The Balaban J connectivity index is 1.42. The monoisotopic (exact) mass is 607 g/mol. The summed E-state index contributed by atoms with van der Waals surface area (Å²) in [5.74, 6) is 1.40. The van der Waals surface area contributed by atoms with Crippen molar-refractivity contribution in [2.45, 2.75) is 13.2 Å². The molecule has 0 aromatic heterocycles. The molecule has 9 heteroatoms. The zero-order valence-electron chi connectivity index (χ0n) is 25.4. The summed E-state index contributed by atoms with van der Waals surface area (Å²) < 4.78 is 13.0. The van der Waals surface area contributed by atoms with E-state index in [1.165, 1.54) is 0 Å². The maximum absolute atomic E-state index is 9.22. The molecule has 0 atom stereocenters. The van der Waals surface area contributed by atoms with Crippen molar-refractivity contribution < 1.29 is 19.7 Å². The third-order valence-electron chi connectivity index (χ3n) is 7.90. The topological polar surface area (TPSA) is 110 Å². The van der Waals surface area contributed by atoms with Crippen molar-refractivity contribution in [2.24, 2.45) is 0 Å². The second-order valence-electron chi connectivity index (χ2n) is 11.0. The standard InChI is InChI=1S/C36H41N5O4/c42-21-18-37-15-16-39-31-12-13-32-34-30(31)23-29-28(35(34)40-41(32)20-17-38-19-22-43)11-14-33(44-24-26-7-3-1-4-8-26)36(29)45-25-27-9-5-2-6-10-27/h1-14,23,37-40,42-43H,15-22,24-25H2. The van der Waals surface area contributed by atoms with Gasteiger partial charge in [0.2, 0.25) is 0 Å². The number of nitrogens with zero attached hydrogens (tertiary/aromatic N) is 1. The van der Waals surface area contributed by atoms with Gasteiger partial charge < -0.3 is 35.6 Å². The minimum Gasteiger partial charge on any atom is -0.485 e. The van der Waals surface area contributed by atoms with E-state index in [0.29, 0.717) is 44.3 Å². The molecule has 1 aliphatic heterocycles. The van der Waals surface area contributed by atoms with Crippen LogP contribution in [-0.2, 0) is 13.2 Å². The van der Waals surface area contributed by atoms with Crippen molar-refractivity contribution in [3.05, 3.63) is 102 Å². The number of hydrogen-bond acceptors (Lipinski definition) is 9. The van der Waals surface area contributed by atoms with Gasteiger partial charge in [-0.15, -0.1) is 0 Å². The Morgan fingerprint density at radius 3 is 2.04 bits per heavy atom. The minimum atomic E-state index is 0.108. The number of rotatable bonds is 17.